The molecule has 0 aromatic carbocycles. The highest BCUT2D eigenvalue weighted by molar-refractivity contribution is 9.11. The van der Waals surface area contributed by atoms with Crippen LogP contribution in [-0.4, -0.2) is 29.7 Å². The van der Waals surface area contributed by atoms with Gasteiger partial charge in [-0.15, -0.1) is 0 Å². The van der Waals surface area contributed by atoms with Crippen LogP contribution in [0.1, 0.15) is 33.6 Å². The molecular formula is C12H18BrNO3. The predicted octanol–water partition coefficient (Wildman–Crippen LogP) is 3.23. The number of carbonyl (C=O) groups excluding carboxylic acids is 1. The number of carbonyl (C=O) groups is 1. The summed E-state index contributed by atoms with van der Waals surface area (Å²) in [7, 11) is 0. The number of amides is 1. The highest BCUT2D eigenvalue weighted by Crippen LogP contribution is 2.42. The average Bonchev–Trinajstić information content (AvgIpc) is 2.98. The first kappa shape index (κ1) is 12.7. The maximum Gasteiger partial charge on any atom is 0.414 e. The van der Waals surface area contributed by atoms with E-state index in [1.807, 2.05) is 20.8 Å². The molecule has 1 heterocycles. The summed E-state index contributed by atoms with van der Waals surface area (Å²) in [4.78, 5) is 13.8. The van der Waals surface area contributed by atoms with Crippen LogP contribution in [0.5, 0.6) is 0 Å². The first-order valence-corrected chi connectivity index (χ1v) is 6.71. The lowest BCUT2D eigenvalue weighted by atomic mass is 10.2. The second-order valence-electron chi connectivity index (χ2n) is 5.41. The Morgan fingerprint density at radius 1 is 1.47 bits per heavy atom. The van der Waals surface area contributed by atoms with Crippen molar-refractivity contribution in [3.8, 4) is 0 Å². The molecule has 0 N–H and O–H groups in total. The van der Waals surface area contributed by atoms with E-state index >= 15 is 0 Å². The van der Waals surface area contributed by atoms with E-state index in [1.54, 1.807) is 4.90 Å². The molecule has 1 fully saturated rings. The van der Waals surface area contributed by atoms with Gasteiger partial charge in [0.15, 0.2) is 4.67 Å². The van der Waals surface area contributed by atoms with Crippen LogP contribution in [0.25, 0.3) is 0 Å². The van der Waals surface area contributed by atoms with Gasteiger partial charge in [-0.25, -0.2) is 4.79 Å². The van der Waals surface area contributed by atoms with Crippen molar-refractivity contribution in [3.63, 3.8) is 0 Å². The summed E-state index contributed by atoms with van der Waals surface area (Å²) in [6, 6.07) is 0. The summed E-state index contributed by atoms with van der Waals surface area (Å²) in [5.74, 6) is 0.442. The van der Waals surface area contributed by atoms with Gasteiger partial charge in [-0.05, 0) is 49.5 Å². The molecule has 5 heteroatoms. The fourth-order valence-corrected chi connectivity index (χ4v) is 2.47. The van der Waals surface area contributed by atoms with Crippen molar-refractivity contribution >= 4 is 22.0 Å². The first-order chi connectivity index (χ1) is 7.88. The summed E-state index contributed by atoms with van der Waals surface area (Å²) < 4.78 is 11.6. The monoisotopic (exact) mass is 303 g/mol. The SMILES string of the molecule is CC(C)(C)OC(=O)N1CCOC(Br)=C1C1CC1. The second kappa shape index (κ2) is 4.52. The van der Waals surface area contributed by atoms with E-state index in [0.717, 1.165) is 18.5 Å². The van der Waals surface area contributed by atoms with E-state index in [2.05, 4.69) is 15.9 Å². The van der Waals surface area contributed by atoms with Gasteiger partial charge in [0.05, 0.1) is 12.2 Å². The Morgan fingerprint density at radius 3 is 2.65 bits per heavy atom. The van der Waals surface area contributed by atoms with Crippen LogP contribution < -0.4 is 0 Å². The molecule has 1 saturated carbocycles. The lowest BCUT2D eigenvalue weighted by Gasteiger charge is -2.32. The molecular weight excluding hydrogens is 286 g/mol. The number of nitrogens with zero attached hydrogens (tertiary/aromatic N) is 1. The Kier molecular flexibility index (Phi) is 3.39. The molecule has 1 aliphatic carbocycles. The normalized spacial score (nSPS) is 21.3. The number of rotatable bonds is 1. The summed E-state index contributed by atoms with van der Waals surface area (Å²) in [6.45, 7) is 6.70. The van der Waals surface area contributed by atoms with Crippen molar-refractivity contribution in [1.82, 2.24) is 4.90 Å². The fraction of sp³-hybridized carbons (Fsp3) is 0.750. The van der Waals surface area contributed by atoms with Gasteiger partial charge in [0, 0.05) is 5.92 Å². The van der Waals surface area contributed by atoms with Crippen LogP contribution in [0.3, 0.4) is 0 Å². The van der Waals surface area contributed by atoms with E-state index in [1.165, 1.54) is 0 Å². The molecule has 2 rings (SSSR count). The first-order valence-electron chi connectivity index (χ1n) is 5.91. The Morgan fingerprint density at radius 2 is 2.12 bits per heavy atom. The van der Waals surface area contributed by atoms with Crippen LogP contribution in [0.15, 0.2) is 10.4 Å². The van der Waals surface area contributed by atoms with Crippen molar-refractivity contribution < 1.29 is 14.3 Å². The number of ether oxygens (including phenoxy) is 2. The number of hydrogen-bond donors (Lipinski definition) is 0. The number of halogens is 1. The molecule has 96 valence electrons. The standard InChI is InChI=1S/C12H18BrNO3/c1-12(2,3)17-11(15)14-6-7-16-10(13)9(14)8-4-5-8/h8H,4-7H2,1-3H3. The largest absolute Gasteiger partial charge is 0.483 e. The van der Waals surface area contributed by atoms with E-state index in [9.17, 15) is 4.79 Å². The van der Waals surface area contributed by atoms with Gasteiger partial charge < -0.3 is 9.47 Å². The van der Waals surface area contributed by atoms with Crippen LogP contribution in [0.4, 0.5) is 4.79 Å². The summed E-state index contributed by atoms with van der Waals surface area (Å²) in [5, 5.41) is 0. The minimum atomic E-state index is -0.462. The third-order valence-electron chi connectivity index (χ3n) is 2.61. The fourth-order valence-electron chi connectivity index (χ4n) is 1.77. The molecule has 0 aromatic rings. The van der Waals surface area contributed by atoms with Crippen molar-refractivity contribution in [3.05, 3.63) is 10.4 Å². The minimum absolute atomic E-state index is 0.278. The summed E-state index contributed by atoms with van der Waals surface area (Å²) in [6.07, 6.45) is 1.96. The molecule has 1 amide bonds. The molecule has 0 atom stereocenters. The average molecular weight is 304 g/mol. The van der Waals surface area contributed by atoms with Gasteiger partial charge >= 0.3 is 6.09 Å². The maximum absolute atomic E-state index is 12.1. The van der Waals surface area contributed by atoms with E-state index < -0.39 is 5.60 Å². The van der Waals surface area contributed by atoms with Gasteiger partial charge in [0.2, 0.25) is 0 Å². The Hall–Kier alpha value is -0.710. The molecule has 0 saturated heterocycles. The lowest BCUT2D eigenvalue weighted by Crippen LogP contribution is -2.41. The van der Waals surface area contributed by atoms with Crippen LogP contribution >= 0.6 is 15.9 Å². The molecule has 0 radical (unpaired) electrons. The molecule has 0 unspecified atom stereocenters. The van der Waals surface area contributed by atoms with Crippen molar-refractivity contribution in [2.75, 3.05) is 13.2 Å². The molecule has 2 aliphatic rings. The third kappa shape index (κ3) is 3.15. The van der Waals surface area contributed by atoms with E-state index in [4.69, 9.17) is 9.47 Å². The highest BCUT2D eigenvalue weighted by atomic mass is 79.9. The zero-order chi connectivity index (χ0) is 12.6. The molecule has 0 spiro atoms. The van der Waals surface area contributed by atoms with Gasteiger partial charge in [0.1, 0.15) is 12.2 Å². The van der Waals surface area contributed by atoms with Gasteiger partial charge in [-0.1, -0.05) is 0 Å². The van der Waals surface area contributed by atoms with Crippen LogP contribution in [-0.2, 0) is 9.47 Å². The zero-order valence-corrected chi connectivity index (χ0v) is 12.0. The Labute approximate surface area is 110 Å². The predicted molar refractivity (Wildman–Crippen MR) is 67.6 cm³/mol. The molecule has 0 aromatic heterocycles. The highest BCUT2D eigenvalue weighted by Gasteiger charge is 2.38. The third-order valence-corrected chi connectivity index (χ3v) is 3.25. The molecule has 1 aliphatic heterocycles. The Bertz CT molecular complexity index is 355. The zero-order valence-electron chi connectivity index (χ0n) is 10.5. The number of hydrogen-bond acceptors (Lipinski definition) is 3. The maximum atomic E-state index is 12.1. The quantitative estimate of drug-likeness (QED) is 0.746. The van der Waals surface area contributed by atoms with Gasteiger partial charge in [-0.2, -0.15) is 0 Å². The van der Waals surface area contributed by atoms with Crippen molar-refractivity contribution in [2.24, 2.45) is 5.92 Å². The minimum Gasteiger partial charge on any atom is -0.483 e. The lowest BCUT2D eigenvalue weighted by molar-refractivity contribution is 0.0213. The summed E-state index contributed by atoms with van der Waals surface area (Å²) in [5.41, 5.74) is 0.488. The second-order valence-corrected chi connectivity index (χ2v) is 6.13. The summed E-state index contributed by atoms with van der Waals surface area (Å²) >= 11 is 3.39. The Balaban J connectivity index is 2.13. The van der Waals surface area contributed by atoms with Crippen molar-refractivity contribution in [1.29, 1.82) is 0 Å². The van der Waals surface area contributed by atoms with E-state index in [0.29, 0.717) is 23.7 Å². The topological polar surface area (TPSA) is 38.8 Å². The molecule has 17 heavy (non-hydrogen) atoms. The van der Waals surface area contributed by atoms with Crippen LogP contribution in [0, 0.1) is 5.92 Å². The van der Waals surface area contributed by atoms with Crippen LogP contribution in [0.2, 0.25) is 0 Å². The van der Waals surface area contributed by atoms with Gasteiger partial charge in [0.25, 0.3) is 0 Å². The van der Waals surface area contributed by atoms with E-state index in [-0.39, 0.29) is 6.09 Å². The smallest absolute Gasteiger partial charge is 0.414 e. The number of allylic oxidation sites excluding steroid dienone is 1. The van der Waals surface area contributed by atoms with Gasteiger partial charge in [-0.3, -0.25) is 4.90 Å². The molecule has 4 nitrogen and oxygen atoms in total. The molecule has 0 bridgehead atoms. The van der Waals surface area contributed by atoms with Crippen molar-refractivity contribution in [2.45, 2.75) is 39.2 Å².